The molecule has 1 rings (SSSR count). The fourth-order valence-corrected chi connectivity index (χ4v) is 2.40. The fraction of sp³-hybridized carbons (Fsp3) is 0.556. The van der Waals surface area contributed by atoms with Gasteiger partial charge in [-0.15, -0.1) is 0 Å². The van der Waals surface area contributed by atoms with Gasteiger partial charge in [0.2, 0.25) is 0 Å². The number of nitrogens with zero attached hydrogens (tertiary/aromatic N) is 1. The summed E-state index contributed by atoms with van der Waals surface area (Å²) < 4.78 is 0. The van der Waals surface area contributed by atoms with Gasteiger partial charge in [0.1, 0.15) is 0 Å². The minimum absolute atomic E-state index is 0.330. The van der Waals surface area contributed by atoms with E-state index in [9.17, 15) is 9.59 Å². The monoisotopic (exact) mass is 304 g/mol. The maximum atomic E-state index is 12.4. The number of carbonyl (C=O) groups excluding carboxylic acids is 2. The second-order valence-corrected chi connectivity index (χ2v) is 6.77. The molecule has 0 atom stereocenters. The third-order valence-electron chi connectivity index (χ3n) is 3.28. The van der Waals surface area contributed by atoms with Gasteiger partial charge in [-0.05, 0) is 37.3 Å². The Kier molecular flexibility index (Phi) is 6.60. The topological polar surface area (TPSA) is 49.4 Å². The van der Waals surface area contributed by atoms with Crippen molar-refractivity contribution < 1.29 is 9.59 Å². The zero-order valence-electron chi connectivity index (χ0n) is 14.6. The standard InChI is InChI=1S/C18H28N2O2/c1-12(2)10-20(11-13(3)4)18(22)17(21)19-16-8-7-14(5)9-15(16)6/h7-9,12-13H,10-11H2,1-6H3,(H,19,21). The van der Waals surface area contributed by atoms with Gasteiger partial charge in [0, 0.05) is 18.8 Å². The molecule has 0 saturated heterocycles. The molecule has 1 aromatic rings. The molecule has 4 heteroatoms. The van der Waals surface area contributed by atoms with Gasteiger partial charge in [-0.2, -0.15) is 0 Å². The third kappa shape index (κ3) is 5.51. The van der Waals surface area contributed by atoms with Crippen LogP contribution in [0.5, 0.6) is 0 Å². The van der Waals surface area contributed by atoms with Crippen molar-refractivity contribution >= 4 is 17.5 Å². The Balaban J connectivity index is 2.82. The molecule has 1 aromatic carbocycles. The van der Waals surface area contributed by atoms with E-state index in [1.807, 2.05) is 59.7 Å². The van der Waals surface area contributed by atoms with Crippen LogP contribution in [0.2, 0.25) is 0 Å². The summed E-state index contributed by atoms with van der Waals surface area (Å²) in [6, 6.07) is 5.75. The van der Waals surface area contributed by atoms with Crippen LogP contribution in [0.15, 0.2) is 18.2 Å². The van der Waals surface area contributed by atoms with Crippen molar-refractivity contribution in [3.8, 4) is 0 Å². The summed E-state index contributed by atoms with van der Waals surface area (Å²) in [6.07, 6.45) is 0. The lowest BCUT2D eigenvalue weighted by Gasteiger charge is -2.25. The lowest BCUT2D eigenvalue weighted by atomic mass is 10.1. The highest BCUT2D eigenvalue weighted by Crippen LogP contribution is 2.16. The second-order valence-electron chi connectivity index (χ2n) is 6.77. The highest BCUT2D eigenvalue weighted by Gasteiger charge is 2.23. The molecule has 0 aromatic heterocycles. The summed E-state index contributed by atoms with van der Waals surface area (Å²) in [5, 5.41) is 2.73. The van der Waals surface area contributed by atoms with Gasteiger partial charge in [0.05, 0.1) is 0 Å². The predicted molar refractivity (Wildman–Crippen MR) is 90.8 cm³/mol. The number of carbonyl (C=O) groups is 2. The zero-order valence-corrected chi connectivity index (χ0v) is 14.6. The average molecular weight is 304 g/mol. The highest BCUT2D eigenvalue weighted by atomic mass is 16.2. The number of amides is 2. The maximum Gasteiger partial charge on any atom is 0.313 e. The number of hydrogen-bond acceptors (Lipinski definition) is 2. The molecular formula is C18H28N2O2. The number of nitrogens with one attached hydrogen (secondary N) is 1. The molecule has 0 unspecified atom stereocenters. The van der Waals surface area contributed by atoms with Gasteiger partial charge < -0.3 is 10.2 Å². The molecular weight excluding hydrogens is 276 g/mol. The van der Waals surface area contributed by atoms with Crippen LogP contribution in [0.3, 0.4) is 0 Å². The summed E-state index contributed by atoms with van der Waals surface area (Å²) in [4.78, 5) is 26.3. The van der Waals surface area contributed by atoms with Crippen LogP contribution >= 0.6 is 0 Å². The number of rotatable bonds is 5. The zero-order chi connectivity index (χ0) is 16.9. The summed E-state index contributed by atoms with van der Waals surface area (Å²) in [5.74, 6) is -0.358. The van der Waals surface area contributed by atoms with E-state index in [0.29, 0.717) is 30.6 Å². The Bertz CT molecular complexity index is 526. The summed E-state index contributed by atoms with van der Waals surface area (Å²) in [5.41, 5.74) is 2.78. The molecule has 122 valence electrons. The van der Waals surface area contributed by atoms with E-state index in [2.05, 4.69) is 5.32 Å². The highest BCUT2D eigenvalue weighted by molar-refractivity contribution is 6.39. The van der Waals surface area contributed by atoms with Crippen LogP contribution in [-0.2, 0) is 9.59 Å². The Morgan fingerprint density at radius 2 is 1.59 bits per heavy atom. The van der Waals surface area contributed by atoms with Crippen LogP contribution in [0.25, 0.3) is 0 Å². The van der Waals surface area contributed by atoms with Crippen molar-refractivity contribution in [1.29, 1.82) is 0 Å². The quantitative estimate of drug-likeness (QED) is 0.848. The van der Waals surface area contributed by atoms with Gasteiger partial charge in [0.25, 0.3) is 0 Å². The molecule has 0 aliphatic carbocycles. The Labute approximate surface area is 133 Å². The number of anilines is 1. The molecule has 0 bridgehead atoms. The summed E-state index contributed by atoms with van der Waals surface area (Å²) in [7, 11) is 0. The van der Waals surface area contributed by atoms with Crippen LogP contribution in [-0.4, -0.2) is 29.8 Å². The number of aryl methyl sites for hydroxylation is 2. The summed E-state index contributed by atoms with van der Waals surface area (Å²) in [6.45, 7) is 13.3. The first-order valence-corrected chi connectivity index (χ1v) is 7.88. The average Bonchev–Trinajstić information content (AvgIpc) is 2.39. The molecule has 2 amide bonds. The molecule has 0 saturated carbocycles. The summed E-state index contributed by atoms with van der Waals surface area (Å²) >= 11 is 0. The molecule has 0 aliphatic heterocycles. The SMILES string of the molecule is Cc1ccc(NC(=O)C(=O)N(CC(C)C)CC(C)C)c(C)c1. The second kappa shape index (κ2) is 7.97. The van der Waals surface area contributed by atoms with Gasteiger partial charge >= 0.3 is 11.8 Å². The van der Waals surface area contributed by atoms with Crippen molar-refractivity contribution in [3.05, 3.63) is 29.3 Å². The normalized spacial score (nSPS) is 10.9. The van der Waals surface area contributed by atoms with E-state index in [-0.39, 0.29) is 0 Å². The van der Waals surface area contributed by atoms with E-state index in [1.54, 1.807) is 4.90 Å². The maximum absolute atomic E-state index is 12.4. The van der Waals surface area contributed by atoms with E-state index in [4.69, 9.17) is 0 Å². The smallest absolute Gasteiger partial charge is 0.313 e. The van der Waals surface area contributed by atoms with Crippen molar-refractivity contribution in [1.82, 2.24) is 4.90 Å². The lowest BCUT2D eigenvalue weighted by Crippen LogP contribution is -2.43. The third-order valence-corrected chi connectivity index (χ3v) is 3.28. The first kappa shape index (κ1) is 18.2. The molecule has 0 radical (unpaired) electrons. The molecule has 0 fully saturated rings. The molecule has 0 aliphatic rings. The minimum Gasteiger partial charge on any atom is -0.334 e. The van der Waals surface area contributed by atoms with Crippen molar-refractivity contribution in [2.45, 2.75) is 41.5 Å². The Morgan fingerprint density at radius 3 is 2.05 bits per heavy atom. The van der Waals surface area contributed by atoms with Gasteiger partial charge in [-0.3, -0.25) is 9.59 Å². The molecule has 0 heterocycles. The van der Waals surface area contributed by atoms with Crippen LogP contribution in [0.4, 0.5) is 5.69 Å². The minimum atomic E-state index is -0.562. The molecule has 0 spiro atoms. The number of benzene rings is 1. The molecule has 22 heavy (non-hydrogen) atoms. The largest absolute Gasteiger partial charge is 0.334 e. The van der Waals surface area contributed by atoms with Gasteiger partial charge in [-0.1, -0.05) is 45.4 Å². The number of hydrogen-bond donors (Lipinski definition) is 1. The lowest BCUT2D eigenvalue weighted by molar-refractivity contribution is -0.143. The molecule has 1 N–H and O–H groups in total. The van der Waals surface area contributed by atoms with E-state index >= 15 is 0 Å². The molecule has 4 nitrogen and oxygen atoms in total. The first-order chi connectivity index (χ1) is 10.2. The first-order valence-electron chi connectivity index (χ1n) is 7.88. The fourth-order valence-electron chi connectivity index (χ4n) is 2.40. The van der Waals surface area contributed by atoms with Crippen LogP contribution in [0, 0.1) is 25.7 Å². The van der Waals surface area contributed by atoms with E-state index < -0.39 is 11.8 Å². The Hall–Kier alpha value is -1.84. The van der Waals surface area contributed by atoms with Crippen LogP contribution in [0.1, 0.15) is 38.8 Å². The Morgan fingerprint density at radius 1 is 1.05 bits per heavy atom. The predicted octanol–water partition coefficient (Wildman–Crippen LogP) is 3.38. The van der Waals surface area contributed by atoms with Gasteiger partial charge in [0.15, 0.2) is 0 Å². The van der Waals surface area contributed by atoms with Crippen molar-refractivity contribution in [2.75, 3.05) is 18.4 Å². The van der Waals surface area contributed by atoms with Crippen molar-refractivity contribution in [2.24, 2.45) is 11.8 Å². The van der Waals surface area contributed by atoms with Gasteiger partial charge in [-0.25, -0.2) is 0 Å². The van der Waals surface area contributed by atoms with Crippen molar-refractivity contribution in [3.63, 3.8) is 0 Å². The van der Waals surface area contributed by atoms with Crippen LogP contribution < -0.4 is 5.32 Å². The van der Waals surface area contributed by atoms with E-state index in [1.165, 1.54) is 0 Å². The van der Waals surface area contributed by atoms with E-state index in [0.717, 1.165) is 11.1 Å².